The molecule has 0 N–H and O–H groups in total. The number of nitrogens with zero attached hydrogens (tertiary/aromatic N) is 5. The molecule has 1 fully saturated rings. The Morgan fingerprint density at radius 2 is 2.00 bits per heavy atom. The van der Waals surface area contributed by atoms with Crippen molar-refractivity contribution in [2.45, 2.75) is 77.2 Å². The largest absolute Gasteiger partial charge is 0.315 e. The highest BCUT2D eigenvalue weighted by atomic mass is 16.1. The number of pyridine rings is 1. The van der Waals surface area contributed by atoms with E-state index in [-0.39, 0.29) is 5.56 Å². The molecule has 3 aromatic heterocycles. The summed E-state index contributed by atoms with van der Waals surface area (Å²) in [6, 6.07) is 1.98. The van der Waals surface area contributed by atoms with Gasteiger partial charge in [0.15, 0.2) is 5.82 Å². The van der Waals surface area contributed by atoms with E-state index in [1.54, 1.807) is 15.3 Å². The standard InChI is InChI=1S/C20H27N5O/c1-2-3-4-8-12-24-13-11-17-16(19(24)26)14-21-20-22-18(23-25(17)20)15-9-6-5-7-10-15/h11,13-15H,2-10,12H2,1H3. The Labute approximate surface area is 153 Å². The highest BCUT2D eigenvalue weighted by molar-refractivity contribution is 5.78. The minimum Gasteiger partial charge on any atom is -0.315 e. The summed E-state index contributed by atoms with van der Waals surface area (Å²) in [5.74, 6) is 1.91. The van der Waals surface area contributed by atoms with Crippen LogP contribution in [0.2, 0.25) is 0 Å². The highest BCUT2D eigenvalue weighted by Gasteiger charge is 2.21. The summed E-state index contributed by atoms with van der Waals surface area (Å²) >= 11 is 0. The Kier molecular flexibility index (Phi) is 5.00. The van der Waals surface area contributed by atoms with Crippen molar-refractivity contribution in [2.75, 3.05) is 0 Å². The van der Waals surface area contributed by atoms with Gasteiger partial charge in [0.1, 0.15) is 0 Å². The SMILES string of the molecule is CCCCCCn1ccc2c(cnc3nc(C4CCCCC4)nn32)c1=O. The van der Waals surface area contributed by atoms with Crippen molar-refractivity contribution in [3.63, 3.8) is 0 Å². The maximum atomic E-state index is 12.8. The predicted molar refractivity (Wildman–Crippen MR) is 103 cm³/mol. The molecule has 0 bridgehead atoms. The maximum absolute atomic E-state index is 12.8. The second-order valence-electron chi connectivity index (χ2n) is 7.45. The van der Waals surface area contributed by atoms with Gasteiger partial charge in [0.25, 0.3) is 11.3 Å². The van der Waals surface area contributed by atoms with E-state index in [9.17, 15) is 4.79 Å². The number of hydrogen-bond acceptors (Lipinski definition) is 4. The lowest BCUT2D eigenvalue weighted by Gasteiger charge is -2.17. The fraction of sp³-hybridized carbons (Fsp3) is 0.600. The van der Waals surface area contributed by atoms with Crippen LogP contribution in [-0.2, 0) is 6.54 Å². The van der Waals surface area contributed by atoms with Crippen molar-refractivity contribution in [3.8, 4) is 0 Å². The van der Waals surface area contributed by atoms with Crippen LogP contribution >= 0.6 is 0 Å². The molecule has 3 aromatic rings. The van der Waals surface area contributed by atoms with Crippen molar-refractivity contribution in [2.24, 2.45) is 0 Å². The molecule has 138 valence electrons. The second kappa shape index (κ2) is 7.56. The van der Waals surface area contributed by atoms with Gasteiger partial charge in [0.2, 0.25) is 0 Å². The van der Waals surface area contributed by atoms with Crippen LogP contribution in [0, 0.1) is 0 Å². The fourth-order valence-electron chi connectivity index (χ4n) is 3.99. The summed E-state index contributed by atoms with van der Waals surface area (Å²) in [6.45, 7) is 2.95. The van der Waals surface area contributed by atoms with Crippen LogP contribution in [0.1, 0.15) is 76.5 Å². The molecule has 6 heteroatoms. The molecule has 1 aliphatic rings. The molecule has 3 heterocycles. The van der Waals surface area contributed by atoms with E-state index in [1.807, 2.05) is 12.3 Å². The van der Waals surface area contributed by atoms with Gasteiger partial charge in [-0.2, -0.15) is 9.50 Å². The van der Waals surface area contributed by atoms with Crippen LogP contribution in [0.3, 0.4) is 0 Å². The van der Waals surface area contributed by atoms with Gasteiger partial charge in [0.05, 0.1) is 10.9 Å². The molecule has 0 spiro atoms. The average molecular weight is 353 g/mol. The normalized spacial score (nSPS) is 15.9. The molecule has 6 nitrogen and oxygen atoms in total. The minimum atomic E-state index is 0.0168. The Morgan fingerprint density at radius 3 is 2.81 bits per heavy atom. The molecule has 0 unspecified atom stereocenters. The smallest absolute Gasteiger partial charge is 0.261 e. The first-order valence-electron chi connectivity index (χ1n) is 10.0. The van der Waals surface area contributed by atoms with Crippen LogP contribution in [-0.4, -0.2) is 24.1 Å². The molecule has 0 aliphatic heterocycles. The van der Waals surface area contributed by atoms with Crippen molar-refractivity contribution in [1.82, 2.24) is 24.1 Å². The monoisotopic (exact) mass is 353 g/mol. The number of hydrogen-bond donors (Lipinski definition) is 0. The number of aryl methyl sites for hydroxylation is 1. The molecule has 1 aliphatic carbocycles. The third-order valence-corrected chi connectivity index (χ3v) is 5.55. The van der Waals surface area contributed by atoms with Gasteiger partial charge in [-0.05, 0) is 25.3 Å². The molecule has 0 amide bonds. The van der Waals surface area contributed by atoms with E-state index in [0.29, 0.717) is 17.1 Å². The van der Waals surface area contributed by atoms with Crippen molar-refractivity contribution in [3.05, 3.63) is 34.6 Å². The molecule has 0 atom stereocenters. The van der Waals surface area contributed by atoms with Gasteiger partial charge >= 0.3 is 0 Å². The molecular formula is C20H27N5O. The molecule has 1 saturated carbocycles. The van der Waals surface area contributed by atoms with Gasteiger partial charge in [-0.3, -0.25) is 4.79 Å². The molecule has 0 radical (unpaired) electrons. The van der Waals surface area contributed by atoms with E-state index in [1.165, 1.54) is 32.1 Å². The molecular weight excluding hydrogens is 326 g/mol. The summed E-state index contributed by atoms with van der Waals surface area (Å²) in [4.78, 5) is 21.9. The summed E-state index contributed by atoms with van der Waals surface area (Å²) in [7, 11) is 0. The highest BCUT2D eigenvalue weighted by Crippen LogP contribution is 2.31. The van der Waals surface area contributed by atoms with Crippen LogP contribution < -0.4 is 5.56 Å². The third-order valence-electron chi connectivity index (χ3n) is 5.55. The molecule has 0 saturated heterocycles. The minimum absolute atomic E-state index is 0.0168. The van der Waals surface area contributed by atoms with Crippen LogP contribution in [0.25, 0.3) is 16.7 Å². The van der Waals surface area contributed by atoms with Gasteiger partial charge in [0, 0.05) is 24.9 Å². The fourth-order valence-corrected chi connectivity index (χ4v) is 3.99. The van der Waals surface area contributed by atoms with Gasteiger partial charge in [-0.25, -0.2) is 4.98 Å². The van der Waals surface area contributed by atoms with Crippen LogP contribution in [0.5, 0.6) is 0 Å². The first-order valence-corrected chi connectivity index (χ1v) is 10.0. The summed E-state index contributed by atoms with van der Waals surface area (Å²) in [5.41, 5.74) is 0.822. The quantitative estimate of drug-likeness (QED) is 0.627. The Morgan fingerprint density at radius 1 is 1.15 bits per heavy atom. The number of fused-ring (bicyclic) bond motifs is 3. The van der Waals surface area contributed by atoms with Crippen molar-refractivity contribution < 1.29 is 0 Å². The van der Waals surface area contributed by atoms with Gasteiger partial charge in [-0.15, -0.1) is 5.10 Å². The zero-order valence-corrected chi connectivity index (χ0v) is 15.5. The van der Waals surface area contributed by atoms with Gasteiger partial charge < -0.3 is 4.57 Å². The lowest BCUT2D eigenvalue weighted by atomic mass is 9.89. The van der Waals surface area contributed by atoms with E-state index in [0.717, 1.165) is 43.6 Å². The lowest BCUT2D eigenvalue weighted by molar-refractivity contribution is 0.429. The first-order chi connectivity index (χ1) is 12.8. The zero-order chi connectivity index (χ0) is 17.9. The van der Waals surface area contributed by atoms with Crippen molar-refractivity contribution in [1.29, 1.82) is 0 Å². The second-order valence-corrected chi connectivity index (χ2v) is 7.45. The van der Waals surface area contributed by atoms with E-state index >= 15 is 0 Å². The summed E-state index contributed by atoms with van der Waals surface area (Å²) < 4.78 is 3.55. The third kappa shape index (κ3) is 3.24. The zero-order valence-electron chi connectivity index (χ0n) is 15.5. The van der Waals surface area contributed by atoms with Gasteiger partial charge in [-0.1, -0.05) is 45.4 Å². The topological polar surface area (TPSA) is 65.1 Å². The molecule has 4 rings (SSSR count). The number of aromatic nitrogens is 5. The lowest BCUT2D eigenvalue weighted by Crippen LogP contribution is -2.20. The van der Waals surface area contributed by atoms with Crippen molar-refractivity contribution >= 4 is 16.7 Å². The van der Waals surface area contributed by atoms with E-state index in [4.69, 9.17) is 5.10 Å². The Bertz CT molecular complexity index is 952. The predicted octanol–water partition coefficient (Wildman–Crippen LogP) is 4.07. The summed E-state index contributed by atoms with van der Waals surface area (Å²) in [6.07, 6.45) is 14.3. The van der Waals surface area contributed by atoms with Crippen LogP contribution in [0.4, 0.5) is 0 Å². The van der Waals surface area contributed by atoms with E-state index in [2.05, 4.69) is 16.9 Å². The van der Waals surface area contributed by atoms with Crippen LogP contribution in [0.15, 0.2) is 23.3 Å². The summed E-state index contributed by atoms with van der Waals surface area (Å²) in [5, 5.41) is 5.34. The molecule has 0 aromatic carbocycles. The maximum Gasteiger partial charge on any atom is 0.261 e. The van der Waals surface area contributed by atoms with E-state index < -0.39 is 0 Å². The number of unbranched alkanes of at least 4 members (excludes halogenated alkanes) is 3. The number of rotatable bonds is 6. The average Bonchev–Trinajstić information content (AvgIpc) is 3.12. The Hall–Kier alpha value is -2.24. The Balaban J connectivity index is 1.67. The molecule has 26 heavy (non-hydrogen) atoms. The first kappa shape index (κ1) is 17.2.